The first-order valence-electron chi connectivity index (χ1n) is 24.3. The number of benzene rings is 12. The van der Waals surface area contributed by atoms with E-state index in [2.05, 4.69) is 264 Å². The van der Waals surface area contributed by atoms with Crippen LogP contribution in [0.1, 0.15) is 0 Å². The van der Waals surface area contributed by atoms with Gasteiger partial charge in [0.1, 0.15) is 11.2 Å². The number of hydrogen-bond acceptors (Lipinski definition) is 2. The van der Waals surface area contributed by atoms with Crippen LogP contribution in [0.25, 0.3) is 115 Å². The molecule has 0 fully saturated rings. The number of rotatable bonds is 8. The average molecular weight is 905 g/mol. The first-order valence-corrected chi connectivity index (χ1v) is 24.3. The molecule has 0 N–H and O–H groups in total. The van der Waals surface area contributed by atoms with Crippen molar-refractivity contribution in [2.45, 2.75) is 0 Å². The van der Waals surface area contributed by atoms with Gasteiger partial charge in [-0.2, -0.15) is 0 Å². The Bertz CT molecular complexity index is 4310. The van der Waals surface area contributed by atoms with Crippen molar-refractivity contribution in [3.63, 3.8) is 0 Å². The maximum Gasteiger partial charge on any atom is 0.135 e. The number of furan rings is 1. The van der Waals surface area contributed by atoms with Gasteiger partial charge in [-0.25, -0.2) is 0 Å². The first-order chi connectivity index (χ1) is 35.2. The van der Waals surface area contributed by atoms with Crippen LogP contribution in [-0.4, -0.2) is 4.57 Å². The molecule has 0 atom stereocenters. The predicted octanol–water partition coefficient (Wildman–Crippen LogP) is 19.1. The quantitative estimate of drug-likeness (QED) is 0.142. The van der Waals surface area contributed by atoms with E-state index in [-0.39, 0.29) is 0 Å². The number of hydrogen-bond donors (Lipinski definition) is 0. The van der Waals surface area contributed by atoms with Crippen LogP contribution in [0.15, 0.2) is 271 Å². The first kappa shape index (κ1) is 40.6. The molecule has 0 radical (unpaired) electrons. The van der Waals surface area contributed by atoms with Crippen molar-refractivity contribution in [1.29, 1.82) is 0 Å². The van der Waals surface area contributed by atoms with Crippen LogP contribution >= 0.6 is 0 Å². The molecular weight excluding hydrogens is 861 g/mol. The maximum atomic E-state index is 6.21. The smallest absolute Gasteiger partial charge is 0.135 e. The number of para-hydroxylation sites is 4. The van der Waals surface area contributed by atoms with E-state index >= 15 is 0 Å². The van der Waals surface area contributed by atoms with Crippen LogP contribution in [0.3, 0.4) is 0 Å². The van der Waals surface area contributed by atoms with Crippen molar-refractivity contribution < 1.29 is 4.42 Å². The molecule has 12 aromatic carbocycles. The molecular formula is C68H44N2O. The van der Waals surface area contributed by atoms with Crippen LogP contribution in [0.4, 0.5) is 17.1 Å². The van der Waals surface area contributed by atoms with E-state index in [1.54, 1.807) is 0 Å². The predicted molar refractivity (Wildman–Crippen MR) is 299 cm³/mol. The zero-order chi connectivity index (χ0) is 46.8. The lowest BCUT2D eigenvalue weighted by Gasteiger charge is -2.30. The van der Waals surface area contributed by atoms with E-state index in [0.29, 0.717) is 0 Å². The van der Waals surface area contributed by atoms with Crippen molar-refractivity contribution in [2.75, 3.05) is 4.90 Å². The summed E-state index contributed by atoms with van der Waals surface area (Å²) < 4.78 is 8.60. The monoisotopic (exact) mass is 904 g/mol. The summed E-state index contributed by atoms with van der Waals surface area (Å²) in [5, 5.41) is 9.36. The Morgan fingerprint density at radius 2 is 0.775 bits per heavy atom. The third-order valence-electron chi connectivity index (χ3n) is 14.4. The fourth-order valence-corrected chi connectivity index (χ4v) is 11.1. The van der Waals surface area contributed by atoms with E-state index < -0.39 is 0 Å². The zero-order valence-corrected chi connectivity index (χ0v) is 38.7. The van der Waals surface area contributed by atoms with E-state index in [9.17, 15) is 0 Å². The molecule has 2 aromatic heterocycles. The number of anilines is 3. The summed E-state index contributed by atoms with van der Waals surface area (Å²) in [6.07, 6.45) is 0. The molecule has 0 aliphatic rings. The van der Waals surface area contributed by atoms with E-state index in [4.69, 9.17) is 4.42 Å². The Kier molecular flexibility index (Phi) is 9.53. The summed E-state index contributed by atoms with van der Waals surface area (Å²) >= 11 is 0. The molecule has 0 spiro atoms. The van der Waals surface area contributed by atoms with Gasteiger partial charge in [0.05, 0.1) is 16.7 Å². The third-order valence-corrected chi connectivity index (χ3v) is 14.4. The minimum Gasteiger partial charge on any atom is -0.456 e. The number of nitrogens with zero attached hydrogens (tertiary/aromatic N) is 2. The van der Waals surface area contributed by atoms with Gasteiger partial charge in [0.15, 0.2) is 0 Å². The van der Waals surface area contributed by atoms with Crippen LogP contribution in [0.5, 0.6) is 0 Å². The number of fused-ring (bicyclic) bond motifs is 8. The van der Waals surface area contributed by atoms with Gasteiger partial charge in [0, 0.05) is 49.4 Å². The van der Waals surface area contributed by atoms with Gasteiger partial charge in [-0.15, -0.1) is 0 Å². The summed E-state index contributed by atoms with van der Waals surface area (Å²) in [6, 6.07) is 97.1. The lowest BCUT2D eigenvalue weighted by molar-refractivity contribution is 0.669. The van der Waals surface area contributed by atoms with Gasteiger partial charge in [-0.3, -0.25) is 0 Å². The molecule has 71 heavy (non-hydrogen) atoms. The van der Waals surface area contributed by atoms with Crippen LogP contribution in [0.2, 0.25) is 0 Å². The standard InChI is InChI=1S/C68H44N2O/c1-5-17-45(18-6-1)49-34-38-58-61(42-49)67(48-31-29-47(30-32-48)51-35-40-66-60(41-51)56-26-14-16-28-65(56)71-66)57-37-33-50(46-19-7-2-8-20-46)43-62(57)68(58)69(52-21-9-3-10-22-52)54-36-39-64-59(44-54)55-25-13-15-27-63(55)70(64)53-23-11-4-12-24-53/h1-44H. The Morgan fingerprint density at radius 1 is 0.268 bits per heavy atom. The fourth-order valence-electron chi connectivity index (χ4n) is 11.1. The second kappa shape index (κ2) is 16.7. The van der Waals surface area contributed by atoms with E-state index in [1.807, 2.05) is 12.1 Å². The SMILES string of the molecule is c1ccc(-c2ccc3c(N(c4ccccc4)c4ccc5c(c4)c4ccccc4n5-c4ccccc4)c4cc(-c5ccccc5)ccc4c(-c4ccc(-c5ccc6oc7ccccc7c6c5)cc4)c3c2)cc1. The van der Waals surface area contributed by atoms with Gasteiger partial charge in [-0.05, 0) is 134 Å². The molecule has 3 nitrogen and oxygen atoms in total. The highest BCUT2D eigenvalue weighted by Gasteiger charge is 2.25. The molecule has 0 aliphatic heterocycles. The van der Waals surface area contributed by atoms with Gasteiger partial charge >= 0.3 is 0 Å². The molecule has 0 unspecified atom stereocenters. The van der Waals surface area contributed by atoms with Crippen molar-refractivity contribution in [3.05, 3.63) is 267 Å². The molecule has 0 aliphatic carbocycles. The van der Waals surface area contributed by atoms with E-state index in [0.717, 1.165) is 72.3 Å². The minimum absolute atomic E-state index is 0.900. The zero-order valence-electron chi connectivity index (χ0n) is 38.7. The molecule has 14 aromatic rings. The summed E-state index contributed by atoms with van der Waals surface area (Å²) in [5.74, 6) is 0. The highest BCUT2D eigenvalue weighted by molar-refractivity contribution is 6.24. The summed E-state index contributed by atoms with van der Waals surface area (Å²) in [7, 11) is 0. The van der Waals surface area contributed by atoms with Crippen LogP contribution < -0.4 is 4.90 Å². The van der Waals surface area contributed by atoms with Gasteiger partial charge in [0.25, 0.3) is 0 Å². The molecule has 3 heteroatoms. The van der Waals surface area contributed by atoms with Crippen molar-refractivity contribution in [1.82, 2.24) is 4.57 Å². The van der Waals surface area contributed by atoms with Gasteiger partial charge in [-0.1, -0.05) is 188 Å². The second-order valence-electron chi connectivity index (χ2n) is 18.4. The lowest BCUT2D eigenvalue weighted by Crippen LogP contribution is -2.11. The molecule has 332 valence electrons. The maximum absolute atomic E-state index is 6.21. The Morgan fingerprint density at radius 3 is 1.49 bits per heavy atom. The van der Waals surface area contributed by atoms with Crippen molar-refractivity contribution in [3.8, 4) is 50.2 Å². The highest BCUT2D eigenvalue weighted by Crippen LogP contribution is 2.51. The molecule has 14 rings (SSSR count). The van der Waals surface area contributed by atoms with Crippen LogP contribution in [-0.2, 0) is 0 Å². The summed E-state index contributed by atoms with van der Waals surface area (Å²) in [4.78, 5) is 2.50. The van der Waals surface area contributed by atoms with Gasteiger partial charge < -0.3 is 13.9 Å². The average Bonchev–Trinajstić information content (AvgIpc) is 3.99. The van der Waals surface area contributed by atoms with Gasteiger partial charge in [0.2, 0.25) is 0 Å². The highest BCUT2D eigenvalue weighted by atomic mass is 16.3. The minimum atomic E-state index is 0.900. The lowest BCUT2D eigenvalue weighted by atomic mass is 9.86. The largest absolute Gasteiger partial charge is 0.456 e. The summed E-state index contributed by atoms with van der Waals surface area (Å²) in [6.45, 7) is 0. The summed E-state index contributed by atoms with van der Waals surface area (Å²) in [5.41, 5.74) is 17.9. The van der Waals surface area contributed by atoms with Crippen molar-refractivity contribution >= 4 is 82.4 Å². The molecule has 0 bridgehead atoms. The molecule has 2 heterocycles. The molecule has 0 amide bonds. The molecule has 0 saturated carbocycles. The topological polar surface area (TPSA) is 21.3 Å². The second-order valence-corrected chi connectivity index (χ2v) is 18.4. The number of aromatic nitrogens is 1. The van der Waals surface area contributed by atoms with E-state index in [1.165, 1.54) is 60.2 Å². The Hall–Kier alpha value is -9.44. The third kappa shape index (κ3) is 6.82. The molecule has 0 saturated heterocycles. The Labute approximate surface area is 411 Å². The van der Waals surface area contributed by atoms with Crippen molar-refractivity contribution in [2.24, 2.45) is 0 Å². The normalized spacial score (nSPS) is 11.7. The fraction of sp³-hybridized carbons (Fsp3) is 0. The Balaban J connectivity index is 1.05. The van der Waals surface area contributed by atoms with Crippen LogP contribution in [0, 0.1) is 0 Å².